The Kier molecular flexibility index (Phi) is 4.54. The fourth-order valence-corrected chi connectivity index (χ4v) is 5.01. The summed E-state index contributed by atoms with van der Waals surface area (Å²) >= 11 is 0. The van der Waals surface area contributed by atoms with Crippen LogP contribution >= 0.6 is 0 Å². The highest BCUT2D eigenvalue weighted by atomic mass is 15.3. The Morgan fingerprint density at radius 2 is 2.17 bits per heavy atom. The van der Waals surface area contributed by atoms with Crippen LogP contribution in [-0.4, -0.2) is 80.7 Å². The highest BCUT2D eigenvalue weighted by molar-refractivity contribution is 5.45. The van der Waals surface area contributed by atoms with Crippen molar-refractivity contribution >= 4 is 0 Å². The van der Waals surface area contributed by atoms with Gasteiger partial charge in [-0.15, -0.1) is 0 Å². The van der Waals surface area contributed by atoms with E-state index in [0.717, 1.165) is 37.9 Å². The van der Waals surface area contributed by atoms with Gasteiger partial charge in [0.1, 0.15) is 0 Å². The van der Waals surface area contributed by atoms with Crippen molar-refractivity contribution in [2.75, 3.05) is 53.9 Å². The Morgan fingerprint density at radius 1 is 1.29 bits per heavy atom. The molecule has 4 rings (SSSR count). The fourth-order valence-electron chi connectivity index (χ4n) is 5.01. The van der Waals surface area contributed by atoms with E-state index in [2.05, 4.69) is 59.4 Å². The van der Waals surface area contributed by atoms with E-state index in [4.69, 9.17) is 0 Å². The van der Waals surface area contributed by atoms with Crippen LogP contribution in [0.4, 0.5) is 0 Å². The lowest BCUT2D eigenvalue weighted by Crippen LogP contribution is -2.43. The summed E-state index contributed by atoms with van der Waals surface area (Å²) in [5.41, 5.74) is 4.67. The summed E-state index contributed by atoms with van der Waals surface area (Å²) in [5.74, 6) is 0.871. The molecule has 3 heterocycles. The molecule has 24 heavy (non-hydrogen) atoms. The van der Waals surface area contributed by atoms with Crippen LogP contribution in [0.25, 0.3) is 0 Å². The molecule has 0 bridgehead atoms. The van der Waals surface area contributed by atoms with Crippen LogP contribution in [0, 0.1) is 5.92 Å². The van der Waals surface area contributed by atoms with Crippen molar-refractivity contribution in [2.45, 2.75) is 31.3 Å². The van der Waals surface area contributed by atoms with Gasteiger partial charge >= 0.3 is 0 Å². The van der Waals surface area contributed by atoms with Crippen LogP contribution in [0.2, 0.25) is 0 Å². The van der Waals surface area contributed by atoms with E-state index in [9.17, 15) is 0 Å². The molecule has 4 nitrogen and oxygen atoms in total. The second-order valence-corrected chi connectivity index (χ2v) is 8.28. The van der Waals surface area contributed by atoms with Crippen LogP contribution in [0.15, 0.2) is 35.1 Å². The zero-order valence-corrected chi connectivity index (χ0v) is 15.5. The second-order valence-electron chi connectivity index (χ2n) is 8.28. The summed E-state index contributed by atoms with van der Waals surface area (Å²) < 4.78 is 0. The molecule has 132 valence electrons. The van der Waals surface area contributed by atoms with Crippen molar-refractivity contribution < 1.29 is 0 Å². The van der Waals surface area contributed by atoms with E-state index in [1.54, 1.807) is 11.3 Å². The Morgan fingerprint density at radius 3 is 2.96 bits per heavy atom. The Labute approximate surface area is 146 Å². The van der Waals surface area contributed by atoms with Gasteiger partial charge < -0.3 is 20.0 Å². The molecule has 3 aliphatic heterocycles. The van der Waals surface area contributed by atoms with E-state index in [1.165, 1.54) is 31.6 Å². The van der Waals surface area contributed by atoms with Gasteiger partial charge in [0.05, 0.1) is 0 Å². The predicted octanol–water partition coefficient (Wildman–Crippen LogP) is 1.69. The molecule has 2 saturated heterocycles. The molecule has 2 fully saturated rings. The van der Waals surface area contributed by atoms with E-state index in [0.29, 0.717) is 6.04 Å². The number of nitrogens with one attached hydrogen (secondary N) is 1. The molecular formula is C20H32N4. The number of hydrogen-bond acceptors (Lipinski definition) is 4. The molecule has 0 aromatic carbocycles. The topological polar surface area (TPSA) is 21.8 Å². The molecule has 0 radical (unpaired) electrons. The van der Waals surface area contributed by atoms with Gasteiger partial charge in [-0.3, -0.25) is 0 Å². The Hall–Kier alpha value is -1.10. The first-order valence-electron chi connectivity index (χ1n) is 9.54. The summed E-state index contributed by atoms with van der Waals surface area (Å²) in [4.78, 5) is 7.58. The first-order valence-corrected chi connectivity index (χ1v) is 9.54. The number of rotatable bonds is 3. The maximum absolute atomic E-state index is 3.73. The zero-order chi connectivity index (χ0) is 16.7. The SMILES string of the molecule is CN(C)CC1CC2=C(C=CCC=C2N2CC3CCN(C)C3C2)CN1. The quantitative estimate of drug-likeness (QED) is 0.851. The number of nitrogens with zero attached hydrogens (tertiary/aromatic N) is 3. The molecule has 4 aliphatic rings. The van der Waals surface area contributed by atoms with E-state index >= 15 is 0 Å². The van der Waals surface area contributed by atoms with Crippen molar-refractivity contribution in [3.63, 3.8) is 0 Å². The predicted molar refractivity (Wildman–Crippen MR) is 99.9 cm³/mol. The smallest absolute Gasteiger partial charge is 0.0365 e. The minimum atomic E-state index is 0.568. The van der Waals surface area contributed by atoms with Crippen LogP contribution < -0.4 is 5.32 Å². The lowest BCUT2D eigenvalue weighted by molar-refractivity contribution is 0.283. The minimum Gasteiger partial charge on any atom is -0.370 e. The number of allylic oxidation sites excluding steroid dienone is 3. The highest BCUT2D eigenvalue weighted by Crippen LogP contribution is 2.37. The monoisotopic (exact) mass is 328 g/mol. The lowest BCUT2D eigenvalue weighted by Gasteiger charge is -2.34. The normalized spacial score (nSPS) is 33.8. The van der Waals surface area contributed by atoms with Gasteiger partial charge in [0.25, 0.3) is 0 Å². The third-order valence-corrected chi connectivity index (χ3v) is 6.25. The van der Waals surface area contributed by atoms with Gasteiger partial charge in [-0.1, -0.05) is 18.2 Å². The minimum absolute atomic E-state index is 0.568. The molecular weight excluding hydrogens is 296 g/mol. The van der Waals surface area contributed by atoms with Crippen molar-refractivity contribution in [1.29, 1.82) is 0 Å². The number of likely N-dealkylation sites (N-methyl/N-ethyl adjacent to an activating group) is 2. The molecule has 3 unspecified atom stereocenters. The lowest BCUT2D eigenvalue weighted by atomic mass is 9.92. The molecule has 4 heteroatoms. The summed E-state index contributed by atoms with van der Waals surface area (Å²) in [7, 11) is 6.65. The Balaban J connectivity index is 1.55. The van der Waals surface area contributed by atoms with Crippen LogP contribution in [-0.2, 0) is 0 Å². The third kappa shape index (κ3) is 3.07. The molecule has 0 aromatic heterocycles. The largest absolute Gasteiger partial charge is 0.370 e. The van der Waals surface area contributed by atoms with Crippen molar-refractivity contribution in [2.24, 2.45) is 5.92 Å². The molecule has 1 N–H and O–H groups in total. The van der Waals surface area contributed by atoms with Crippen molar-refractivity contribution in [3.8, 4) is 0 Å². The molecule has 0 spiro atoms. The highest BCUT2D eigenvalue weighted by Gasteiger charge is 2.41. The van der Waals surface area contributed by atoms with Gasteiger partial charge in [0.2, 0.25) is 0 Å². The van der Waals surface area contributed by atoms with Crippen molar-refractivity contribution in [3.05, 3.63) is 35.1 Å². The molecule has 0 saturated carbocycles. The van der Waals surface area contributed by atoms with E-state index in [-0.39, 0.29) is 0 Å². The first kappa shape index (κ1) is 16.4. The van der Waals surface area contributed by atoms with Gasteiger partial charge in [-0.2, -0.15) is 0 Å². The molecule has 3 atom stereocenters. The zero-order valence-electron chi connectivity index (χ0n) is 15.5. The van der Waals surface area contributed by atoms with Crippen LogP contribution in [0.3, 0.4) is 0 Å². The Bertz CT molecular complexity index is 574. The van der Waals surface area contributed by atoms with E-state index < -0.39 is 0 Å². The average molecular weight is 329 g/mol. The maximum Gasteiger partial charge on any atom is 0.0365 e. The first-order chi connectivity index (χ1) is 11.6. The molecule has 1 aliphatic carbocycles. The summed E-state index contributed by atoms with van der Waals surface area (Å²) in [5, 5.41) is 3.73. The van der Waals surface area contributed by atoms with Gasteiger partial charge in [0.15, 0.2) is 0 Å². The maximum atomic E-state index is 3.73. The summed E-state index contributed by atoms with van der Waals surface area (Å²) in [6.07, 6.45) is 10.8. The van der Waals surface area contributed by atoms with Crippen LogP contribution in [0.5, 0.6) is 0 Å². The summed E-state index contributed by atoms with van der Waals surface area (Å²) in [6, 6.07) is 1.34. The van der Waals surface area contributed by atoms with Crippen LogP contribution in [0.1, 0.15) is 19.3 Å². The number of likely N-dealkylation sites (tertiary alicyclic amines) is 2. The standard InChI is InChI=1S/C20H32N4/c1-22(2)13-17-10-18-15(11-21-17)6-4-5-7-19(18)24-12-16-8-9-23(3)20(16)14-24/h4,6-7,16-17,20-21H,5,8-14H2,1-3H3. The fraction of sp³-hybridized carbons (Fsp3) is 0.700. The number of hydrogen-bond donors (Lipinski definition) is 1. The van der Waals surface area contributed by atoms with E-state index in [1.807, 2.05) is 0 Å². The molecule has 0 amide bonds. The van der Waals surface area contributed by atoms with Gasteiger partial charge in [-0.25, -0.2) is 0 Å². The summed E-state index contributed by atoms with van der Waals surface area (Å²) in [6.45, 7) is 5.88. The van der Waals surface area contributed by atoms with Gasteiger partial charge in [-0.05, 0) is 64.0 Å². The van der Waals surface area contributed by atoms with Crippen molar-refractivity contribution in [1.82, 2.24) is 20.0 Å². The number of fused-ring (bicyclic) bond motifs is 1. The third-order valence-electron chi connectivity index (χ3n) is 6.25. The average Bonchev–Trinajstić information content (AvgIpc) is 3.03. The second kappa shape index (κ2) is 6.66. The van der Waals surface area contributed by atoms with Gasteiger partial charge in [0, 0.05) is 44.0 Å². The molecule has 0 aromatic rings.